The molecule has 2 aromatic heterocycles. The van der Waals surface area contributed by atoms with Gasteiger partial charge in [-0.15, -0.1) is 12.4 Å². The lowest BCUT2D eigenvalue weighted by Crippen LogP contribution is -2.40. The molecule has 5 rings (SSSR count). The number of nitrogens with one attached hydrogen (secondary N) is 2. The van der Waals surface area contributed by atoms with Crippen LogP contribution in [0.5, 0.6) is 0 Å². The van der Waals surface area contributed by atoms with Crippen molar-refractivity contribution in [2.24, 2.45) is 5.73 Å². The number of para-hydroxylation sites is 1. The van der Waals surface area contributed by atoms with Crippen LogP contribution < -0.4 is 11.1 Å². The molecule has 0 unspecified atom stereocenters. The number of H-pyrrole nitrogens is 1. The second kappa shape index (κ2) is 12.4. The quantitative estimate of drug-likeness (QED) is 0.287. The van der Waals surface area contributed by atoms with E-state index < -0.39 is 0 Å². The van der Waals surface area contributed by atoms with Crippen LogP contribution in [0.3, 0.4) is 0 Å². The summed E-state index contributed by atoms with van der Waals surface area (Å²) in [4.78, 5) is 22.7. The Balaban J connectivity index is 0.00000320. The third kappa shape index (κ3) is 6.97. The molecular weight excluding hydrogens is 493 g/mol. The summed E-state index contributed by atoms with van der Waals surface area (Å²) in [6.45, 7) is 1.78. The fraction of sp³-hybridized carbons (Fsp3) is 0.357. The monoisotopic (exact) mass is 525 g/mol. The van der Waals surface area contributed by atoms with Crippen molar-refractivity contribution in [2.45, 2.75) is 57.3 Å². The van der Waals surface area contributed by atoms with Crippen LogP contribution in [-0.2, 0) is 19.5 Å². The number of rotatable bonds is 9. The van der Waals surface area contributed by atoms with Gasteiger partial charge in [0.05, 0.1) is 6.54 Å². The van der Waals surface area contributed by atoms with Crippen LogP contribution in [-0.4, -0.2) is 39.4 Å². The summed E-state index contributed by atoms with van der Waals surface area (Å²) >= 11 is 0. The van der Waals surface area contributed by atoms with Crippen molar-refractivity contribution in [1.82, 2.24) is 20.2 Å². The van der Waals surface area contributed by atoms with E-state index in [0.717, 1.165) is 49.7 Å². The number of fused-ring (bicyclic) bond motifs is 1. The minimum absolute atomic E-state index is 0. The van der Waals surface area contributed by atoms with Gasteiger partial charge in [0.15, 0.2) is 5.69 Å². The number of hydrogen-bond acceptors (Lipinski definition) is 5. The maximum Gasteiger partial charge on any atom is 0.273 e. The summed E-state index contributed by atoms with van der Waals surface area (Å²) in [5.41, 5.74) is 9.60. The molecule has 0 radical (unpaired) electrons. The Morgan fingerprint density at radius 3 is 2.65 bits per heavy atom. The smallest absolute Gasteiger partial charge is 0.273 e. The number of hydrogen-bond donors (Lipinski definition) is 3. The highest BCUT2D eigenvalue weighted by atomic mass is 35.5. The maximum absolute atomic E-state index is 13.4. The first-order valence-electron chi connectivity index (χ1n) is 12.6. The first kappa shape index (κ1) is 26.9. The summed E-state index contributed by atoms with van der Waals surface area (Å²) in [5.74, 6) is 0.00796. The number of carbonyl (C=O) groups is 1. The zero-order valence-corrected chi connectivity index (χ0v) is 21.5. The highest BCUT2D eigenvalue weighted by Gasteiger charge is 2.22. The molecule has 37 heavy (non-hydrogen) atoms. The normalized spacial score (nSPS) is 17.6. The largest absolute Gasteiger partial charge is 0.447 e. The lowest BCUT2D eigenvalue weighted by Gasteiger charge is -2.26. The molecule has 2 aromatic carbocycles. The van der Waals surface area contributed by atoms with Crippen molar-refractivity contribution >= 4 is 29.2 Å². The molecule has 1 aliphatic rings. The predicted molar refractivity (Wildman–Crippen MR) is 144 cm³/mol. The summed E-state index contributed by atoms with van der Waals surface area (Å²) < 4.78 is 19.1. The average Bonchev–Trinajstić information content (AvgIpc) is 3.52. The van der Waals surface area contributed by atoms with E-state index in [2.05, 4.69) is 32.3 Å². The second-order valence-electron chi connectivity index (χ2n) is 9.66. The highest BCUT2D eigenvalue weighted by Crippen LogP contribution is 2.20. The Morgan fingerprint density at radius 2 is 1.86 bits per heavy atom. The average molecular weight is 526 g/mol. The van der Waals surface area contributed by atoms with Gasteiger partial charge in [0, 0.05) is 42.3 Å². The number of aromatic nitrogens is 2. The molecule has 2 heterocycles. The summed E-state index contributed by atoms with van der Waals surface area (Å²) in [5, 5.41) is 4.27. The van der Waals surface area contributed by atoms with Crippen LogP contribution in [0.2, 0.25) is 0 Å². The molecule has 9 heteroatoms. The molecule has 4 N–H and O–H groups in total. The minimum atomic E-state index is -0.257. The summed E-state index contributed by atoms with van der Waals surface area (Å²) in [6, 6.07) is 15.1. The lowest BCUT2D eigenvalue weighted by atomic mass is 9.92. The zero-order chi connectivity index (χ0) is 24.9. The first-order valence-corrected chi connectivity index (χ1v) is 12.6. The van der Waals surface area contributed by atoms with Crippen molar-refractivity contribution in [2.75, 3.05) is 6.54 Å². The van der Waals surface area contributed by atoms with Crippen LogP contribution in [0.4, 0.5) is 4.39 Å². The SMILES string of the molecule is Cl.N[C@H]1CC[C@@H](NC(=O)c2coc(CN(CCc3c[nH]c4ccccc34)Cc3ccc(F)cc3)n2)CC1. The van der Waals surface area contributed by atoms with Crippen molar-refractivity contribution in [1.29, 1.82) is 0 Å². The van der Waals surface area contributed by atoms with E-state index in [9.17, 15) is 9.18 Å². The molecule has 0 atom stereocenters. The number of oxazole rings is 1. The van der Waals surface area contributed by atoms with Crippen LogP contribution in [0, 0.1) is 5.82 Å². The first-order chi connectivity index (χ1) is 17.5. The molecule has 0 bridgehead atoms. The van der Waals surface area contributed by atoms with Gasteiger partial charge >= 0.3 is 0 Å². The van der Waals surface area contributed by atoms with E-state index in [1.165, 1.54) is 29.3 Å². The van der Waals surface area contributed by atoms with Crippen molar-refractivity contribution in [3.63, 3.8) is 0 Å². The highest BCUT2D eigenvalue weighted by molar-refractivity contribution is 5.92. The van der Waals surface area contributed by atoms with Crippen LogP contribution in [0.25, 0.3) is 10.9 Å². The summed E-state index contributed by atoms with van der Waals surface area (Å²) in [6.07, 6.45) is 7.91. The van der Waals surface area contributed by atoms with Gasteiger partial charge < -0.3 is 20.5 Å². The Kier molecular flexibility index (Phi) is 8.97. The molecule has 0 aliphatic heterocycles. The van der Waals surface area contributed by atoms with Gasteiger partial charge in [-0.25, -0.2) is 9.37 Å². The molecule has 0 spiro atoms. The van der Waals surface area contributed by atoms with Crippen molar-refractivity contribution in [3.8, 4) is 0 Å². The molecule has 196 valence electrons. The number of amides is 1. The number of nitrogens with two attached hydrogens (primary N) is 1. The molecule has 7 nitrogen and oxygen atoms in total. The van der Waals surface area contributed by atoms with Gasteiger partial charge in [0.25, 0.3) is 5.91 Å². The maximum atomic E-state index is 13.4. The second-order valence-corrected chi connectivity index (χ2v) is 9.66. The van der Waals surface area contributed by atoms with Gasteiger partial charge in [0.2, 0.25) is 5.89 Å². The van der Waals surface area contributed by atoms with Crippen LogP contribution in [0.15, 0.2) is 65.4 Å². The molecule has 1 aliphatic carbocycles. The van der Waals surface area contributed by atoms with Crippen molar-refractivity contribution < 1.29 is 13.6 Å². The van der Waals surface area contributed by atoms with E-state index >= 15 is 0 Å². The van der Waals surface area contributed by atoms with E-state index in [0.29, 0.717) is 24.7 Å². The molecular formula is C28H33ClFN5O2. The predicted octanol–water partition coefficient (Wildman–Crippen LogP) is 4.96. The Bertz CT molecular complexity index is 1300. The van der Waals surface area contributed by atoms with Gasteiger partial charge in [-0.2, -0.15) is 0 Å². The Labute approximate surface area is 222 Å². The van der Waals surface area contributed by atoms with Gasteiger partial charge in [-0.1, -0.05) is 30.3 Å². The molecule has 1 amide bonds. The number of halogens is 2. The summed E-state index contributed by atoms with van der Waals surface area (Å²) in [7, 11) is 0. The lowest BCUT2D eigenvalue weighted by molar-refractivity contribution is 0.0920. The van der Waals surface area contributed by atoms with E-state index in [1.54, 1.807) is 12.1 Å². The topological polar surface area (TPSA) is 100 Å². The van der Waals surface area contributed by atoms with Crippen molar-refractivity contribution in [3.05, 3.63) is 89.5 Å². The van der Waals surface area contributed by atoms with E-state index in [-0.39, 0.29) is 36.2 Å². The number of nitrogens with zero attached hydrogens (tertiary/aromatic N) is 2. The van der Waals surface area contributed by atoms with E-state index in [1.807, 2.05) is 18.3 Å². The van der Waals surface area contributed by atoms with Crippen LogP contribution in [0.1, 0.15) is 53.2 Å². The number of aromatic amines is 1. The molecule has 1 fully saturated rings. The Morgan fingerprint density at radius 1 is 1.11 bits per heavy atom. The fourth-order valence-electron chi connectivity index (χ4n) is 4.88. The fourth-order valence-corrected chi connectivity index (χ4v) is 4.88. The zero-order valence-electron chi connectivity index (χ0n) is 20.7. The third-order valence-electron chi connectivity index (χ3n) is 6.94. The number of benzene rings is 2. The van der Waals surface area contributed by atoms with Gasteiger partial charge in [0.1, 0.15) is 12.1 Å². The molecule has 4 aromatic rings. The van der Waals surface area contributed by atoms with E-state index in [4.69, 9.17) is 10.2 Å². The number of carbonyl (C=O) groups excluding carboxylic acids is 1. The molecule has 1 saturated carbocycles. The standard InChI is InChI=1S/C28H32FN5O2.ClH/c29-21-7-5-19(6-8-21)16-34(14-13-20-15-31-25-4-2-1-3-24(20)25)17-27-33-26(18-36-27)28(35)32-23-11-9-22(30)10-12-23;/h1-8,15,18,22-23,31H,9-14,16-17,30H2,(H,32,35);1H/t22-,23+;. The molecule has 0 saturated heterocycles. The minimum Gasteiger partial charge on any atom is -0.447 e. The van der Waals surface area contributed by atoms with Crippen LogP contribution >= 0.6 is 12.4 Å². The van der Waals surface area contributed by atoms with Gasteiger partial charge in [-0.3, -0.25) is 9.69 Å². The van der Waals surface area contributed by atoms with Gasteiger partial charge in [-0.05, 0) is 61.4 Å². The Hall–Kier alpha value is -3.20. The third-order valence-corrected chi connectivity index (χ3v) is 6.94.